The van der Waals surface area contributed by atoms with Crippen LogP contribution in [0.5, 0.6) is 0 Å². The summed E-state index contributed by atoms with van der Waals surface area (Å²) in [4.78, 5) is 20.5. The van der Waals surface area contributed by atoms with E-state index in [2.05, 4.69) is 9.97 Å². The number of pyridine rings is 1. The minimum absolute atomic E-state index is 0.294. The molecule has 0 saturated carbocycles. The monoisotopic (exact) mass is 387 g/mol. The van der Waals surface area contributed by atoms with E-state index in [0.29, 0.717) is 21.2 Å². The highest BCUT2D eigenvalue weighted by molar-refractivity contribution is 7.90. The van der Waals surface area contributed by atoms with Crippen molar-refractivity contribution in [1.29, 1.82) is 0 Å². The van der Waals surface area contributed by atoms with Gasteiger partial charge in [-0.15, -0.1) is 11.3 Å². The third-order valence-corrected chi connectivity index (χ3v) is 5.92. The van der Waals surface area contributed by atoms with Gasteiger partial charge >= 0.3 is 0 Å². The van der Waals surface area contributed by atoms with Crippen LogP contribution >= 0.6 is 11.3 Å². The summed E-state index contributed by atoms with van der Waals surface area (Å²) in [5, 5.41) is 2.55. The third kappa shape index (κ3) is 3.51. The Morgan fingerprint density at radius 1 is 1.12 bits per heavy atom. The minimum Gasteiger partial charge on any atom is -0.366 e. The normalized spacial score (nSPS) is 11.5. The van der Waals surface area contributed by atoms with Crippen molar-refractivity contribution < 1.29 is 13.2 Å². The fourth-order valence-electron chi connectivity index (χ4n) is 2.75. The molecule has 8 heteroatoms. The summed E-state index contributed by atoms with van der Waals surface area (Å²) >= 11 is 1.40. The maximum absolute atomic E-state index is 11.8. The molecule has 26 heavy (non-hydrogen) atoms. The predicted molar refractivity (Wildman–Crippen MR) is 102 cm³/mol. The van der Waals surface area contributed by atoms with Crippen molar-refractivity contribution >= 4 is 27.1 Å². The van der Waals surface area contributed by atoms with Crippen molar-refractivity contribution in [2.45, 2.75) is 18.7 Å². The largest absolute Gasteiger partial charge is 0.366 e. The van der Waals surface area contributed by atoms with E-state index >= 15 is 0 Å². The molecule has 6 nitrogen and oxygen atoms in total. The van der Waals surface area contributed by atoms with E-state index in [0.717, 1.165) is 22.4 Å². The first-order valence-electron chi connectivity index (χ1n) is 7.70. The van der Waals surface area contributed by atoms with E-state index in [4.69, 9.17) is 5.73 Å². The van der Waals surface area contributed by atoms with Gasteiger partial charge in [0, 0.05) is 29.0 Å². The highest BCUT2D eigenvalue weighted by Gasteiger charge is 2.16. The van der Waals surface area contributed by atoms with Crippen molar-refractivity contribution in [3.63, 3.8) is 0 Å². The lowest BCUT2D eigenvalue weighted by Gasteiger charge is -2.10. The van der Waals surface area contributed by atoms with Gasteiger partial charge in [-0.3, -0.25) is 9.78 Å². The van der Waals surface area contributed by atoms with Crippen molar-refractivity contribution in [3.8, 4) is 22.0 Å². The molecule has 0 bridgehead atoms. The molecule has 1 amide bonds. The molecule has 2 aromatic heterocycles. The zero-order valence-electron chi connectivity index (χ0n) is 14.5. The quantitative estimate of drug-likeness (QED) is 0.741. The second-order valence-corrected chi connectivity index (χ2v) is 8.91. The van der Waals surface area contributed by atoms with Gasteiger partial charge in [0.1, 0.15) is 5.01 Å². The van der Waals surface area contributed by atoms with E-state index in [1.165, 1.54) is 23.8 Å². The van der Waals surface area contributed by atoms with Crippen LogP contribution in [0.25, 0.3) is 22.0 Å². The minimum atomic E-state index is -3.27. The summed E-state index contributed by atoms with van der Waals surface area (Å²) in [6.45, 7) is 3.73. The summed E-state index contributed by atoms with van der Waals surface area (Å²) in [6, 6.07) is 6.47. The zero-order valence-corrected chi connectivity index (χ0v) is 16.1. The number of nitrogens with two attached hydrogens (primary N) is 1. The van der Waals surface area contributed by atoms with Gasteiger partial charge in [0.05, 0.1) is 16.3 Å². The number of nitrogens with zero attached hydrogens (tertiary/aromatic N) is 2. The maximum atomic E-state index is 11.8. The van der Waals surface area contributed by atoms with Crippen molar-refractivity contribution in [2.24, 2.45) is 5.73 Å². The van der Waals surface area contributed by atoms with Crippen LogP contribution < -0.4 is 5.73 Å². The molecule has 2 heterocycles. The molecule has 0 unspecified atom stereocenters. The van der Waals surface area contributed by atoms with Crippen LogP contribution in [-0.2, 0) is 9.84 Å². The number of aryl methyl sites for hydroxylation is 2. The van der Waals surface area contributed by atoms with Crippen LogP contribution in [0.2, 0.25) is 0 Å². The van der Waals surface area contributed by atoms with Crippen LogP contribution in [0.1, 0.15) is 21.5 Å². The van der Waals surface area contributed by atoms with Crippen LogP contribution in [0.4, 0.5) is 0 Å². The molecule has 0 aliphatic carbocycles. The second-order valence-electron chi connectivity index (χ2n) is 6.04. The molecule has 2 N–H and O–H groups in total. The zero-order chi connectivity index (χ0) is 19.1. The van der Waals surface area contributed by atoms with E-state index in [-0.39, 0.29) is 0 Å². The number of sulfone groups is 1. The molecule has 1 aromatic carbocycles. The van der Waals surface area contributed by atoms with Crippen LogP contribution in [0.3, 0.4) is 0 Å². The molecule has 0 radical (unpaired) electrons. The van der Waals surface area contributed by atoms with Gasteiger partial charge < -0.3 is 5.73 Å². The number of thiazole rings is 1. The second kappa shape index (κ2) is 6.62. The average Bonchev–Trinajstić information content (AvgIpc) is 3.03. The van der Waals surface area contributed by atoms with Gasteiger partial charge in [0.2, 0.25) is 5.91 Å². The Morgan fingerprint density at radius 3 is 2.35 bits per heavy atom. The van der Waals surface area contributed by atoms with Crippen LogP contribution in [-0.4, -0.2) is 30.5 Å². The van der Waals surface area contributed by atoms with Gasteiger partial charge in [0.25, 0.3) is 0 Å². The number of hydrogen-bond donors (Lipinski definition) is 1. The highest BCUT2D eigenvalue weighted by Crippen LogP contribution is 2.33. The Labute approximate surface area is 155 Å². The fraction of sp³-hybridized carbons (Fsp3) is 0.167. The number of primary amides is 1. The standard InChI is InChI=1S/C18H17N3O3S2/c1-10-6-13(26(3,23)24)7-11(2)16(10)15-9-25-18(21-15)14-8-12(17(19)22)4-5-20-14/h4-9H,1-3H3,(H2,19,22). The summed E-state index contributed by atoms with van der Waals surface area (Å²) < 4.78 is 23.6. The molecule has 0 aliphatic heterocycles. The summed E-state index contributed by atoms with van der Waals surface area (Å²) in [6.07, 6.45) is 2.72. The van der Waals surface area contributed by atoms with E-state index in [1.807, 2.05) is 19.2 Å². The molecule has 0 saturated heterocycles. The maximum Gasteiger partial charge on any atom is 0.248 e. The molecule has 0 fully saturated rings. The average molecular weight is 387 g/mol. The number of hydrogen-bond acceptors (Lipinski definition) is 6. The fourth-order valence-corrected chi connectivity index (χ4v) is 4.31. The number of benzene rings is 1. The molecule has 3 aromatic rings. The Morgan fingerprint density at radius 2 is 1.77 bits per heavy atom. The van der Waals surface area contributed by atoms with E-state index in [9.17, 15) is 13.2 Å². The Balaban J connectivity index is 2.06. The van der Waals surface area contributed by atoms with E-state index in [1.54, 1.807) is 24.3 Å². The van der Waals surface area contributed by atoms with Crippen molar-refractivity contribution in [1.82, 2.24) is 9.97 Å². The number of amides is 1. The molecular weight excluding hydrogens is 370 g/mol. The lowest BCUT2D eigenvalue weighted by molar-refractivity contribution is 0.1000. The molecule has 0 spiro atoms. The number of rotatable bonds is 4. The van der Waals surface area contributed by atoms with Crippen molar-refractivity contribution in [2.75, 3.05) is 6.26 Å². The van der Waals surface area contributed by atoms with Gasteiger partial charge in [-0.25, -0.2) is 13.4 Å². The number of aromatic nitrogens is 2. The molecule has 0 atom stereocenters. The van der Waals surface area contributed by atoms with E-state index < -0.39 is 15.7 Å². The number of carbonyl (C=O) groups is 1. The van der Waals surface area contributed by atoms with Gasteiger partial charge in [-0.1, -0.05) is 0 Å². The van der Waals surface area contributed by atoms with Crippen LogP contribution in [0, 0.1) is 13.8 Å². The smallest absolute Gasteiger partial charge is 0.248 e. The predicted octanol–water partition coefficient (Wildman–Crippen LogP) is 2.99. The molecule has 134 valence electrons. The van der Waals surface area contributed by atoms with Gasteiger partial charge in [-0.05, 0) is 49.2 Å². The molecular formula is C18H17N3O3S2. The molecule has 3 rings (SSSR count). The topological polar surface area (TPSA) is 103 Å². The lowest BCUT2D eigenvalue weighted by atomic mass is 10.0. The van der Waals surface area contributed by atoms with Gasteiger partial charge in [-0.2, -0.15) is 0 Å². The SMILES string of the molecule is Cc1cc(S(C)(=O)=O)cc(C)c1-c1csc(-c2cc(C(N)=O)ccn2)n1. The Kier molecular flexibility index (Phi) is 4.64. The third-order valence-electron chi connectivity index (χ3n) is 3.96. The highest BCUT2D eigenvalue weighted by atomic mass is 32.2. The first kappa shape index (κ1) is 18.2. The lowest BCUT2D eigenvalue weighted by Crippen LogP contribution is -2.10. The molecule has 0 aliphatic rings. The van der Waals surface area contributed by atoms with Crippen LogP contribution in [0.15, 0.2) is 40.7 Å². The summed E-state index contributed by atoms with van der Waals surface area (Å²) in [5.74, 6) is -0.520. The Hall–Kier alpha value is -2.58. The first-order valence-corrected chi connectivity index (χ1v) is 10.5. The Bertz CT molecular complexity index is 1100. The summed E-state index contributed by atoms with van der Waals surface area (Å²) in [7, 11) is -3.27. The number of carbonyl (C=O) groups excluding carboxylic acids is 1. The first-order chi connectivity index (χ1) is 12.2. The van der Waals surface area contributed by atoms with Crippen molar-refractivity contribution in [3.05, 3.63) is 52.5 Å². The summed E-state index contributed by atoms with van der Waals surface area (Å²) in [5.41, 5.74) is 9.56. The van der Waals surface area contributed by atoms with Gasteiger partial charge in [0.15, 0.2) is 9.84 Å².